The topological polar surface area (TPSA) is 18.5 Å². The van der Waals surface area contributed by atoms with E-state index in [2.05, 4.69) is 46.2 Å². The van der Waals surface area contributed by atoms with E-state index in [9.17, 15) is 0 Å². The van der Waals surface area contributed by atoms with Crippen molar-refractivity contribution >= 4 is 16.6 Å². The van der Waals surface area contributed by atoms with Gasteiger partial charge in [0.15, 0.2) is 0 Å². The first-order chi connectivity index (χ1) is 7.58. The van der Waals surface area contributed by atoms with Gasteiger partial charge >= 0.3 is 0 Å². The van der Waals surface area contributed by atoms with Crippen molar-refractivity contribution in [3.05, 3.63) is 11.5 Å². The molecular formula is C13H28O2Si2. The van der Waals surface area contributed by atoms with Crippen LogP contribution >= 0.6 is 0 Å². The quantitative estimate of drug-likeness (QED) is 0.689. The molecule has 0 fully saturated rings. The van der Waals surface area contributed by atoms with Crippen LogP contribution in [0.4, 0.5) is 0 Å². The molecule has 2 nitrogen and oxygen atoms in total. The van der Waals surface area contributed by atoms with E-state index in [1.165, 1.54) is 12.8 Å². The fourth-order valence-electron chi connectivity index (χ4n) is 2.06. The van der Waals surface area contributed by atoms with E-state index < -0.39 is 16.6 Å². The van der Waals surface area contributed by atoms with Crippen molar-refractivity contribution < 1.29 is 8.85 Å². The van der Waals surface area contributed by atoms with Crippen molar-refractivity contribution in [3.63, 3.8) is 0 Å². The molecular weight excluding hydrogens is 244 g/mol. The minimum atomic E-state index is -1.53. The van der Waals surface area contributed by atoms with Crippen LogP contribution in [0, 0.1) is 5.92 Å². The van der Waals surface area contributed by atoms with Crippen LogP contribution in [0.2, 0.25) is 39.3 Å². The summed E-state index contributed by atoms with van der Waals surface area (Å²) in [5.41, 5.74) is 0. The lowest BCUT2D eigenvalue weighted by molar-refractivity contribution is 0.254. The zero-order valence-corrected chi connectivity index (χ0v) is 14.5. The highest BCUT2D eigenvalue weighted by atomic mass is 28.4. The number of allylic oxidation sites excluding steroid dienone is 2. The molecule has 0 N–H and O–H groups in total. The maximum Gasteiger partial charge on any atom is 0.241 e. The summed E-state index contributed by atoms with van der Waals surface area (Å²) in [6.07, 6.45) is 3.53. The zero-order chi connectivity index (χ0) is 13.3. The molecule has 0 aliphatic heterocycles. The third-order valence-electron chi connectivity index (χ3n) is 2.61. The first kappa shape index (κ1) is 14.8. The standard InChI is InChI=1S/C13H28O2Si2/c1-11-9-8-10-12(14-16(2,3)4)13(11)15-17(5,6)7/h11H,8-10H2,1-7H3. The first-order valence-corrected chi connectivity index (χ1v) is 13.5. The van der Waals surface area contributed by atoms with Gasteiger partial charge in [-0.15, -0.1) is 0 Å². The second kappa shape index (κ2) is 5.18. The molecule has 0 spiro atoms. The fraction of sp³-hybridized carbons (Fsp3) is 0.846. The van der Waals surface area contributed by atoms with E-state index in [-0.39, 0.29) is 0 Å². The van der Waals surface area contributed by atoms with Gasteiger partial charge in [-0.05, 0) is 52.1 Å². The van der Waals surface area contributed by atoms with Crippen LogP contribution in [0.25, 0.3) is 0 Å². The minimum absolute atomic E-state index is 0.529. The monoisotopic (exact) mass is 272 g/mol. The van der Waals surface area contributed by atoms with E-state index in [1.54, 1.807) is 0 Å². The summed E-state index contributed by atoms with van der Waals surface area (Å²) in [5, 5.41) is 0. The fourth-order valence-corrected chi connectivity index (χ4v) is 3.97. The van der Waals surface area contributed by atoms with Gasteiger partial charge in [-0.2, -0.15) is 0 Å². The molecule has 0 bridgehead atoms. The van der Waals surface area contributed by atoms with Gasteiger partial charge in [0.05, 0.1) is 0 Å². The van der Waals surface area contributed by atoms with E-state index in [0.29, 0.717) is 5.92 Å². The van der Waals surface area contributed by atoms with E-state index in [4.69, 9.17) is 8.85 Å². The molecule has 1 aliphatic rings. The molecule has 100 valence electrons. The van der Waals surface area contributed by atoms with Gasteiger partial charge in [-0.3, -0.25) is 0 Å². The van der Waals surface area contributed by atoms with Gasteiger partial charge in [0, 0.05) is 12.3 Å². The molecule has 1 aliphatic carbocycles. The predicted molar refractivity (Wildman–Crippen MR) is 78.9 cm³/mol. The van der Waals surface area contributed by atoms with E-state index >= 15 is 0 Å². The minimum Gasteiger partial charge on any atom is -0.545 e. The molecule has 0 heterocycles. The summed E-state index contributed by atoms with van der Waals surface area (Å²) in [7, 11) is -3.04. The molecule has 0 amide bonds. The molecule has 0 aromatic heterocycles. The molecule has 0 saturated carbocycles. The second-order valence-corrected chi connectivity index (χ2v) is 15.9. The summed E-state index contributed by atoms with van der Waals surface area (Å²) in [4.78, 5) is 0. The highest BCUT2D eigenvalue weighted by Gasteiger charge is 2.29. The smallest absolute Gasteiger partial charge is 0.241 e. The normalized spacial score (nSPS) is 22.6. The van der Waals surface area contributed by atoms with Gasteiger partial charge in [-0.25, -0.2) is 0 Å². The molecule has 0 radical (unpaired) electrons. The number of hydrogen-bond donors (Lipinski definition) is 0. The van der Waals surface area contributed by atoms with Crippen molar-refractivity contribution in [2.24, 2.45) is 5.92 Å². The Kier molecular flexibility index (Phi) is 4.52. The lowest BCUT2D eigenvalue weighted by Crippen LogP contribution is -2.32. The zero-order valence-electron chi connectivity index (χ0n) is 12.5. The number of hydrogen-bond acceptors (Lipinski definition) is 2. The Morgan fingerprint density at radius 2 is 1.47 bits per heavy atom. The lowest BCUT2D eigenvalue weighted by atomic mass is 9.94. The Bertz CT molecular complexity index is 298. The summed E-state index contributed by atoms with van der Waals surface area (Å²) in [6, 6.07) is 0. The maximum atomic E-state index is 6.27. The van der Waals surface area contributed by atoms with E-state index in [1.807, 2.05) is 0 Å². The van der Waals surface area contributed by atoms with Crippen LogP contribution in [0.1, 0.15) is 26.2 Å². The molecule has 0 aromatic carbocycles. The van der Waals surface area contributed by atoms with Crippen molar-refractivity contribution in [1.29, 1.82) is 0 Å². The highest BCUT2D eigenvalue weighted by molar-refractivity contribution is 6.70. The third kappa shape index (κ3) is 5.29. The average molecular weight is 273 g/mol. The molecule has 0 saturated heterocycles. The molecule has 4 heteroatoms. The molecule has 1 unspecified atom stereocenters. The Balaban J connectivity index is 2.93. The summed E-state index contributed by atoms with van der Waals surface area (Å²) < 4.78 is 12.5. The van der Waals surface area contributed by atoms with Crippen molar-refractivity contribution in [2.45, 2.75) is 65.5 Å². The average Bonchev–Trinajstić information content (AvgIpc) is 2.07. The maximum absolute atomic E-state index is 6.27. The van der Waals surface area contributed by atoms with Crippen LogP contribution in [-0.2, 0) is 8.85 Å². The van der Waals surface area contributed by atoms with Gasteiger partial charge in [0.2, 0.25) is 16.6 Å². The molecule has 17 heavy (non-hydrogen) atoms. The Morgan fingerprint density at radius 3 is 1.94 bits per heavy atom. The Hall–Kier alpha value is -0.226. The van der Waals surface area contributed by atoms with Crippen LogP contribution in [0.3, 0.4) is 0 Å². The Morgan fingerprint density at radius 1 is 0.941 bits per heavy atom. The van der Waals surface area contributed by atoms with Crippen LogP contribution in [0.5, 0.6) is 0 Å². The van der Waals surface area contributed by atoms with Crippen LogP contribution < -0.4 is 0 Å². The largest absolute Gasteiger partial charge is 0.545 e. The summed E-state index contributed by atoms with van der Waals surface area (Å²) in [5.74, 6) is 2.85. The van der Waals surface area contributed by atoms with Gasteiger partial charge in [0.25, 0.3) is 0 Å². The van der Waals surface area contributed by atoms with Crippen molar-refractivity contribution in [2.75, 3.05) is 0 Å². The summed E-state index contributed by atoms with van der Waals surface area (Å²) >= 11 is 0. The van der Waals surface area contributed by atoms with Gasteiger partial charge < -0.3 is 8.85 Å². The molecule has 1 rings (SSSR count). The van der Waals surface area contributed by atoms with Gasteiger partial charge in [0.1, 0.15) is 11.5 Å². The van der Waals surface area contributed by atoms with Crippen LogP contribution in [0.15, 0.2) is 11.5 Å². The molecule has 1 atom stereocenters. The SMILES string of the molecule is CC1CCCC(O[Si](C)(C)C)=C1O[Si](C)(C)C. The number of rotatable bonds is 4. The van der Waals surface area contributed by atoms with Crippen molar-refractivity contribution in [3.8, 4) is 0 Å². The third-order valence-corrected chi connectivity index (χ3v) is 4.30. The van der Waals surface area contributed by atoms with E-state index in [0.717, 1.165) is 17.9 Å². The summed E-state index contributed by atoms with van der Waals surface area (Å²) in [6.45, 7) is 15.7. The Labute approximate surface area is 109 Å². The molecule has 0 aromatic rings. The van der Waals surface area contributed by atoms with Gasteiger partial charge in [-0.1, -0.05) is 6.92 Å². The predicted octanol–water partition coefficient (Wildman–Crippen LogP) is 4.72. The van der Waals surface area contributed by atoms with Crippen LogP contribution in [-0.4, -0.2) is 16.6 Å². The first-order valence-electron chi connectivity index (χ1n) is 6.69. The lowest BCUT2D eigenvalue weighted by Gasteiger charge is -2.34. The van der Waals surface area contributed by atoms with Crippen molar-refractivity contribution in [1.82, 2.24) is 0 Å². The highest BCUT2D eigenvalue weighted by Crippen LogP contribution is 2.34. The second-order valence-electron chi connectivity index (χ2n) is 7.01.